The summed E-state index contributed by atoms with van der Waals surface area (Å²) in [7, 11) is 0. The van der Waals surface area contributed by atoms with E-state index < -0.39 is 0 Å². The van der Waals surface area contributed by atoms with Crippen molar-refractivity contribution in [3.05, 3.63) is 119 Å². The molecular formula is C30H34N2S. The summed E-state index contributed by atoms with van der Waals surface area (Å²) in [6, 6.07) is 32.5. The smallest absolute Gasteiger partial charge is 0.165 e. The topological polar surface area (TPSA) is 15.6 Å². The third-order valence-electron chi connectivity index (χ3n) is 5.99. The zero-order valence-electron chi connectivity index (χ0n) is 19.6. The van der Waals surface area contributed by atoms with Crippen LogP contribution in [-0.2, 0) is 13.1 Å². The molecule has 2 nitrogen and oxygen atoms in total. The van der Waals surface area contributed by atoms with Gasteiger partial charge in [-0.15, -0.1) is 0 Å². The highest BCUT2D eigenvalue weighted by atomic mass is 32.2. The Kier molecular flexibility index (Phi) is 8.83. The molecule has 1 fully saturated rings. The van der Waals surface area contributed by atoms with Gasteiger partial charge in [0.1, 0.15) is 0 Å². The van der Waals surface area contributed by atoms with Crippen molar-refractivity contribution in [3.8, 4) is 0 Å². The number of nitrogens with zero attached hydrogens (tertiary/aromatic N) is 2. The minimum atomic E-state index is 0.220. The summed E-state index contributed by atoms with van der Waals surface area (Å²) < 4.78 is 0. The number of thioether (sulfide) groups is 1. The van der Waals surface area contributed by atoms with Crippen molar-refractivity contribution in [2.24, 2.45) is 4.99 Å². The van der Waals surface area contributed by atoms with E-state index in [1.165, 1.54) is 47.3 Å². The van der Waals surface area contributed by atoms with Crippen molar-refractivity contribution in [2.75, 3.05) is 0 Å². The van der Waals surface area contributed by atoms with Crippen LogP contribution in [0.2, 0.25) is 0 Å². The van der Waals surface area contributed by atoms with Gasteiger partial charge in [-0.3, -0.25) is 4.99 Å². The first-order valence-corrected chi connectivity index (χ1v) is 13.0. The molecule has 0 bridgehead atoms. The molecular weight excluding hydrogens is 420 g/mol. The Labute approximate surface area is 203 Å². The van der Waals surface area contributed by atoms with Gasteiger partial charge in [0.25, 0.3) is 0 Å². The Balaban J connectivity index is 1.65. The monoisotopic (exact) mass is 454 g/mol. The fourth-order valence-electron chi connectivity index (χ4n) is 4.24. The molecule has 1 aliphatic heterocycles. The van der Waals surface area contributed by atoms with Gasteiger partial charge in [0.15, 0.2) is 5.17 Å². The van der Waals surface area contributed by atoms with E-state index in [0.29, 0.717) is 6.54 Å². The summed E-state index contributed by atoms with van der Waals surface area (Å²) in [6.45, 7) is 3.83. The molecule has 0 spiro atoms. The van der Waals surface area contributed by atoms with Gasteiger partial charge < -0.3 is 4.90 Å². The summed E-state index contributed by atoms with van der Waals surface area (Å²) in [5, 5.41) is 1.12. The minimum Gasteiger partial charge on any atom is -0.335 e. The van der Waals surface area contributed by atoms with Crippen LogP contribution in [0.3, 0.4) is 0 Å². The van der Waals surface area contributed by atoms with Crippen LogP contribution in [0.1, 0.15) is 61.8 Å². The Bertz CT molecular complexity index is 1030. The van der Waals surface area contributed by atoms with Crippen molar-refractivity contribution in [1.82, 2.24) is 4.90 Å². The molecule has 0 saturated carbocycles. The van der Waals surface area contributed by atoms with Crippen LogP contribution in [0.4, 0.5) is 0 Å². The zero-order chi connectivity index (χ0) is 22.7. The molecule has 1 aliphatic rings. The standard InChI is InChI=1S/C30H34N2S/c1-2-3-4-5-15-22-28-29(27-20-13-8-14-21-27)32(24-26-18-11-7-12-19-26)30(33-28)31-23-25-16-9-6-10-17-25/h6-14,16-22,29H,2-5,15,23-24H2,1H3/b28-22-,31-30?. The first-order valence-electron chi connectivity index (χ1n) is 12.2. The molecule has 3 aromatic rings. The highest BCUT2D eigenvalue weighted by molar-refractivity contribution is 8.17. The first kappa shape index (κ1) is 23.4. The maximum atomic E-state index is 5.12. The fraction of sp³-hybridized carbons (Fsp3) is 0.300. The van der Waals surface area contributed by atoms with Gasteiger partial charge in [0.2, 0.25) is 0 Å². The maximum Gasteiger partial charge on any atom is 0.165 e. The molecule has 1 heterocycles. The van der Waals surface area contributed by atoms with Crippen LogP contribution in [0.15, 0.2) is 107 Å². The van der Waals surface area contributed by atoms with Crippen LogP contribution >= 0.6 is 11.8 Å². The number of aliphatic imine (C=N–C) groups is 1. The molecule has 170 valence electrons. The highest BCUT2D eigenvalue weighted by Crippen LogP contribution is 2.46. The van der Waals surface area contributed by atoms with Crippen molar-refractivity contribution in [2.45, 2.75) is 58.2 Å². The van der Waals surface area contributed by atoms with Crippen molar-refractivity contribution < 1.29 is 0 Å². The average Bonchev–Trinajstić information content (AvgIpc) is 3.21. The molecule has 0 N–H and O–H groups in total. The zero-order valence-corrected chi connectivity index (χ0v) is 20.4. The molecule has 1 atom stereocenters. The Morgan fingerprint density at radius 1 is 0.788 bits per heavy atom. The second kappa shape index (κ2) is 12.5. The van der Waals surface area contributed by atoms with E-state index in [0.717, 1.165) is 18.1 Å². The quantitative estimate of drug-likeness (QED) is 0.286. The molecule has 0 aromatic heterocycles. The normalized spacial score (nSPS) is 18.3. The number of rotatable bonds is 10. The molecule has 33 heavy (non-hydrogen) atoms. The van der Waals surface area contributed by atoms with Crippen LogP contribution < -0.4 is 0 Å². The van der Waals surface area contributed by atoms with Gasteiger partial charge in [-0.05, 0) is 29.5 Å². The second-order valence-electron chi connectivity index (χ2n) is 8.57. The second-order valence-corrected chi connectivity index (χ2v) is 9.61. The lowest BCUT2D eigenvalue weighted by atomic mass is 10.0. The summed E-state index contributed by atoms with van der Waals surface area (Å²) in [6.07, 6.45) is 8.78. The van der Waals surface area contributed by atoms with E-state index in [4.69, 9.17) is 4.99 Å². The van der Waals surface area contributed by atoms with Gasteiger partial charge in [-0.2, -0.15) is 0 Å². The minimum absolute atomic E-state index is 0.220. The summed E-state index contributed by atoms with van der Waals surface area (Å²) in [5.74, 6) is 0. The number of unbranched alkanes of at least 4 members (excludes halogenated alkanes) is 4. The predicted octanol–water partition coefficient (Wildman–Crippen LogP) is 8.39. The number of amidine groups is 1. The van der Waals surface area contributed by atoms with Crippen molar-refractivity contribution in [3.63, 3.8) is 0 Å². The van der Waals surface area contributed by atoms with E-state index in [1.807, 2.05) is 11.8 Å². The molecule has 4 rings (SSSR count). The molecule has 0 aliphatic carbocycles. The molecule has 3 aromatic carbocycles. The summed E-state index contributed by atoms with van der Waals surface area (Å²) >= 11 is 1.86. The van der Waals surface area contributed by atoms with Crippen molar-refractivity contribution >= 4 is 16.9 Å². The third-order valence-corrected chi connectivity index (χ3v) is 7.16. The number of hydrogen-bond acceptors (Lipinski definition) is 2. The number of hydrogen-bond donors (Lipinski definition) is 0. The lowest BCUT2D eigenvalue weighted by molar-refractivity contribution is 0.367. The molecule has 3 heteroatoms. The Morgan fingerprint density at radius 3 is 2.09 bits per heavy atom. The highest BCUT2D eigenvalue weighted by Gasteiger charge is 2.35. The Hall–Kier alpha value is -2.78. The van der Waals surface area contributed by atoms with Crippen LogP contribution in [0, 0.1) is 0 Å². The number of allylic oxidation sites excluding steroid dienone is 1. The van der Waals surface area contributed by atoms with Gasteiger partial charge in [-0.25, -0.2) is 0 Å². The van der Waals surface area contributed by atoms with Gasteiger partial charge in [-0.1, -0.05) is 135 Å². The molecule has 1 unspecified atom stereocenters. The first-order chi connectivity index (χ1) is 16.3. The maximum absolute atomic E-state index is 5.12. The van der Waals surface area contributed by atoms with Gasteiger partial charge >= 0.3 is 0 Å². The van der Waals surface area contributed by atoms with Crippen LogP contribution in [0.5, 0.6) is 0 Å². The van der Waals surface area contributed by atoms with E-state index in [2.05, 4.69) is 109 Å². The third kappa shape index (κ3) is 6.61. The van der Waals surface area contributed by atoms with E-state index >= 15 is 0 Å². The lowest BCUT2D eigenvalue weighted by Gasteiger charge is -2.27. The van der Waals surface area contributed by atoms with E-state index in [1.54, 1.807) is 0 Å². The van der Waals surface area contributed by atoms with Crippen molar-refractivity contribution in [1.29, 1.82) is 0 Å². The number of benzene rings is 3. The fourth-order valence-corrected chi connectivity index (χ4v) is 5.44. The molecule has 1 saturated heterocycles. The van der Waals surface area contributed by atoms with Gasteiger partial charge in [0, 0.05) is 11.4 Å². The lowest BCUT2D eigenvalue weighted by Crippen LogP contribution is -2.27. The van der Waals surface area contributed by atoms with E-state index in [-0.39, 0.29) is 6.04 Å². The molecule has 0 amide bonds. The van der Waals surface area contributed by atoms with Crippen LogP contribution in [0.25, 0.3) is 0 Å². The average molecular weight is 455 g/mol. The van der Waals surface area contributed by atoms with E-state index in [9.17, 15) is 0 Å². The van der Waals surface area contributed by atoms with Gasteiger partial charge in [0.05, 0.1) is 12.6 Å². The SMILES string of the molecule is CCCCCC/C=C1\SC(=NCc2ccccc2)N(Cc2ccccc2)C1c1ccccc1. The van der Waals surface area contributed by atoms with Crippen LogP contribution in [-0.4, -0.2) is 10.1 Å². The molecule has 0 radical (unpaired) electrons. The summed E-state index contributed by atoms with van der Waals surface area (Å²) in [5.41, 5.74) is 3.90. The largest absolute Gasteiger partial charge is 0.335 e. The summed E-state index contributed by atoms with van der Waals surface area (Å²) in [4.78, 5) is 9.03. The predicted molar refractivity (Wildman–Crippen MR) is 143 cm³/mol. The Morgan fingerprint density at radius 2 is 1.42 bits per heavy atom.